The highest BCUT2D eigenvalue weighted by atomic mass is 16.5. The quantitative estimate of drug-likeness (QED) is 0.805. The molecular formula is C16H21NO2. The first kappa shape index (κ1) is 13.7. The Kier molecular flexibility index (Phi) is 4.61. The highest BCUT2D eigenvalue weighted by Gasteiger charge is 2.06. The first-order valence-corrected chi connectivity index (χ1v) is 6.90. The van der Waals surface area contributed by atoms with Crippen LogP contribution in [0.5, 0.6) is 0 Å². The number of aromatic nitrogens is 1. The normalized spacial score (nSPS) is 10.8. The highest BCUT2D eigenvalue weighted by molar-refractivity contribution is 5.84. The Morgan fingerprint density at radius 2 is 2.16 bits per heavy atom. The lowest BCUT2D eigenvalue weighted by Gasteiger charge is -2.03. The van der Waals surface area contributed by atoms with E-state index in [-0.39, 0.29) is 5.97 Å². The summed E-state index contributed by atoms with van der Waals surface area (Å²) in [5, 5.41) is 1.29. The molecule has 3 nitrogen and oxygen atoms in total. The van der Waals surface area contributed by atoms with Gasteiger partial charge in [0.2, 0.25) is 0 Å². The lowest BCUT2D eigenvalue weighted by Crippen LogP contribution is -2.01. The van der Waals surface area contributed by atoms with E-state index in [1.165, 1.54) is 42.0 Å². The fraction of sp³-hybridized carbons (Fsp3) is 0.438. The van der Waals surface area contributed by atoms with Gasteiger partial charge in [0.1, 0.15) is 0 Å². The molecule has 0 radical (unpaired) electrons. The number of H-pyrrole nitrogens is 1. The molecule has 0 unspecified atom stereocenters. The lowest BCUT2D eigenvalue weighted by molar-refractivity contribution is -0.140. The Balaban J connectivity index is 2.15. The van der Waals surface area contributed by atoms with E-state index >= 15 is 0 Å². The zero-order valence-electron chi connectivity index (χ0n) is 11.7. The standard InChI is InChI=1S/C16H21NO2/c1-3-4-5-13-11-17-15-8-6-12(10-14(13)15)7-9-16(18)19-2/h6,8,10-11,17H,3-5,7,9H2,1-2H3. The van der Waals surface area contributed by atoms with Crippen molar-refractivity contribution in [3.63, 3.8) is 0 Å². The molecule has 1 aromatic carbocycles. The topological polar surface area (TPSA) is 42.1 Å². The molecule has 102 valence electrons. The molecule has 0 bridgehead atoms. The van der Waals surface area contributed by atoms with Crippen LogP contribution in [0.4, 0.5) is 0 Å². The summed E-state index contributed by atoms with van der Waals surface area (Å²) in [6.07, 6.45) is 6.80. The Bertz CT molecular complexity index is 557. The van der Waals surface area contributed by atoms with Crippen molar-refractivity contribution in [2.75, 3.05) is 7.11 Å². The van der Waals surface area contributed by atoms with E-state index in [9.17, 15) is 4.79 Å². The molecule has 0 aliphatic heterocycles. The Labute approximate surface area is 114 Å². The van der Waals surface area contributed by atoms with Crippen LogP contribution in [0.15, 0.2) is 24.4 Å². The van der Waals surface area contributed by atoms with Gasteiger partial charge < -0.3 is 9.72 Å². The molecule has 0 atom stereocenters. The summed E-state index contributed by atoms with van der Waals surface area (Å²) in [5.41, 5.74) is 3.74. The van der Waals surface area contributed by atoms with Crippen LogP contribution in [0.25, 0.3) is 10.9 Å². The van der Waals surface area contributed by atoms with Gasteiger partial charge in [0.15, 0.2) is 0 Å². The molecule has 0 aliphatic carbocycles. The number of fused-ring (bicyclic) bond motifs is 1. The van der Waals surface area contributed by atoms with Crippen LogP contribution >= 0.6 is 0 Å². The van der Waals surface area contributed by atoms with Gasteiger partial charge in [0, 0.05) is 23.5 Å². The fourth-order valence-corrected chi connectivity index (χ4v) is 2.30. The first-order chi connectivity index (χ1) is 9.24. The van der Waals surface area contributed by atoms with Gasteiger partial charge in [0.25, 0.3) is 0 Å². The van der Waals surface area contributed by atoms with Crippen molar-refractivity contribution in [3.8, 4) is 0 Å². The second-order valence-corrected chi connectivity index (χ2v) is 4.87. The van der Waals surface area contributed by atoms with Gasteiger partial charge in [-0.1, -0.05) is 19.4 Å². The molecule has 19 heavy (non-hydrogen) atoms. The summed E-state index contributed by atoms with van der Waals surface area (Å²) in [7, 11) is 1.43. The summed E-state index contributed by atoms with van der Waals surface area (Å²) < 4.78 is 4.68. The zero-order chi connectivity index (χ0) is 13.7. The van der Waals surface area contributed by atoms with Crippen LogP contribution < -0.4 is 0 Å². The second kappa shape index (κ2) is 6.41. The molecular weight excluding hydrogens is 238 g/mol. The SMILES string of the molecule is CCCCc1c[nH]c2ccc(CCC(=O)OC)cc12. The predicted molar refractivity (Wildman–Crippen MR) is 77.2 cm³/mol. The minimum Gasteiger partial charge on any atom is -0.469 e. The fourth-order valence-electron chi connectivity index (χ4n) is 2.30. The van der Waals surface area contributed by atoms with Crippen molar-refractivity contribution in [1.82, 2.24) is 4.98 Å². The molecule has 0 saturated carbocycles. The number of esters is 1. The maximum absolute atomic E-state index is 11.2. The monoisotopic (exact) mass is 259 g/mol. The number of hydrogen-bond donors (Lipinski definition) is 1. The van der Waals surface area contributed by atoms with Crippen molar-refractivity contribution in [1.29, 1.82) is 0 Å². The molecule has 1 aromatic heterocycles. The average molecular weight is 259 g/mol. The summed E-state index contributed by atoms with van der Waals surface area (Å²) in [5.74, 6) is -0.152. The van der Waals surface area contributed by atoms with Crippen LogP contribution in [-0.4, -0.2) is 18.1 Å². The minimum absolute atomic E-state index is 0.152. The number of benzene rings is 1. The number of rotatable bonds is 6. The summed E-state index contributed by atoms with van der Waals surface area (Å²) >= 11 is 0. The first-order valence-electron chi connectivity index (χ1n) is 6.90. The van der Waals surface area contributed by atoms with E-state index in [1.807, 2.05) is 0 Å². The van der Waals surface area contributed by atoms with E-state index in [2.05, 4.69) is 41.0 Å². The van der Waals surface area contributed by atoms with Crippen LogP contribution in [0.1, 0.15) is 37.3 Å². The van der Waals surface area contributed by atoms with Crippen molar-refractivity contribution >= 4 is 16.9 Å². The van der Waals surface area contributed by atoms with Crippen molar-refractivity contribution in [3.05, 3.63) is 35.5 Å². The van der Waals surface area contributed by atoms with Gasteiger partial charge >= 0.3 is 5.97 Å². The number of hydrogen-bond acceptors (Lipinski definition) is 2. The third-order valence-electron chi connectivity index (χ3n) is 3.48. The van der Waals surface area contributed by atoms with Gasteiger partial charge in [-0.15, -0.1) is 0 Å². The molecule has 2 aromatic rings. The van der Waals surface area contributed by atoms with Gasteiger partial charge in [-0.3, -0.25) is 4.79 Å². The Morgan fingerprint density at radius 1 is 1.32 bits per heavy atom. The lowest BCUT2D eigenvalue weighted by atomic mass is 10.0. The highest BCUT2D eigenvalue weighted by Crippen LogP contribution is 2.22. The second-order valence-electron chi connectivity index (χ2n) is 4.87. The van der Waals surface area contributed by atoms with Gasteiger partial charge in [-0.25, -0.2) is 0 Å². The van der Waals surface area contributed by atoms with E-state index in [0.29, 0.717) is 6.42 Å². The molecule has 0 aliphatic rings. The zero-order valence-corrected chi connectivity index (χ0v) is 11.7. The summed E-state index contributed by atoms with van der Waals surface area (Å²) in [4.78, 5) is 14.5. The average Bonchev–Trinajstić information content (AvgIpc) is 2.84. The number of aromatic amines is 1. The molecule has 3 heteroatoms. The Morgan fingerprint density at radius 3 is 2.89 bits per heavy atom. The molecule has 0 amide bonds. The van der Waals surface area contributed by atoms with Crippen LogP contribution in [0.3, 0.4) is 0 Å². The summed E-state index contributed by atoms with van der Waals surface area (Å²) in [6.45, 7) is 2.20. The Hall–Kier alpha value is -1.77. The van der Waals surface area contributed by atoms with Crippen molar-refractivity contribution < 1.29 is 9.53 Å². The maximum Gasteiger partial charge on any atom is 0.305 e. The number of aryl methyl sites for hydroxylation is 2. The van der Waals surface area contributed by atoms with Gasteiger partial charge in [-0.2, -0.15) is 0 Å². The van der Waals surface area contributed by atoms with Crippen LogP contribution in [0.2, 0.25) is 0 Å². The molecule has 2 rings (SSSR count). The van der Waals surface area contributed by atoms with E-state index < -0.39 is 0 Å². The molecule has 0 spiro atoms. The van der Waals surface area contributed by atoms with E-state index in [0.717, 1.165) is 12.8 Å². The molecule has 1 N–H and O–H groups in total. The number of unbranched alkanes of at least 4 members (excludes halogenated alkanes) is 1. The number of methoxy groups -OCH3 is 1. The predicted octanol–water partition coefficient (Wildman–Crippen LogP) is 3.62. The summed E-state index contributed by atoms with van der Waals surface area (Å²) in [6, 6.07) is 6.36. The number of carbonyl (C=O) groups is 1. The van der Waals surface area contributed by atoms with E-state index in [1.54, 1.807) is 0 Å². The third kappa shape index (κ3) is 3.37. The number of carbonyl (C=O) groups excluding carboxylic acids is 1. The third-order valence-corrected chi connectivity index (χ3v) is 3.48. The van der Waals surface area contributed by atoms with Gasteiger partial charge in [-0.05, 0) is 42.5 Å². The largest absolute Gasteiger partial charge is 0.469 e. The van der Waals surface area contributed by atoms with Crippen LogP contribution in [-0.2, 0) is 22.4 Å². The smallest absolute Gasteiger partial charge is 0.305 e. The number of ether oxygens (including phenoxy) is 1. The van der Waals surface area contributed by atoms with Gasteiger partial charge in [0.05, 0.1) is 7.11 Å². The maximum atomic E-state index is 11.2. The van der Waals surface area contributed by atoms with E-state index in [4.69, 9.17) is 0 Å². The van der Waals surface area contributed by atoms with Crippen LogP contribution in [0, 0.1) is 0 Å². The minimum atomic E-state index is -0.152. The number of nitrogens with one attached hydrogen (secondary N) is 1. The van der Waals surface area contributed by atoms with Crippen molar-refractivity contribution in [2.45, 2.75) is 39.0 Å². The molecule has 0 fully saturated rings. The molecule has 0 saturated heterocycles. The molecule has 1 heterocycles. The van der Waals surface area contributed by atoms with Crippen molar-refractivity contribution in [2.24, 2.45) is 0 Å².